The van der Waals surface area contributed by atoms with Crippen molar-refractivity contribution in [2.45, 2.75) is 0 Å². The Morgan fingerprint density at radius 1 is 1.11 bits per heavy atom. The van der Waals surface area contributed by atoms with Gasteiger partial charge in [0.15, 0.2) is 0 Å². The van der Waals surface area contributed by atoms with Crippen molar-refractivity contribution >= 4 is 23.0 Å². The molecule has 4 nitrogen and oxygen atoms in total. The molecule has 0 bridgehead atoms. The van der Waals surface area contributed by atoms with E-state index in [0.717, 1.165) is 11.4 Å². The lowest BCUT2D eigenvalue weighted by molar-refractivity contribution is 0.0964. The molecule has 2 aromatic rings. The molecule has 0 saturated heterocycles. The second kappa shape index (κ2) is 5.44. The van der Waals surface area contributed by atoms with Gasteiger partial charge >= 0.3 is 0 Å². The van der Waals surface area contributed by atoms with Crippen LogP contribution >= 0.6 is 0 Å². The molecule has 0 saturated carbocycles. The maximum atomic E-state index is 11.7. The average Bonchev–Trinajstić information content (AvgIpc) is 2.47. The van der Waals surface area contributed by atoms with Gasteiger partial charge in [-0.3, -0.25) is 4.79 Å². The Morgan fingerprint density at radius 3 is 2.42 bits per heavy atom. The first-order valence-electron chi connectivity index (χ1n) is 6.04. The van der Waals surface area contributed by atoms with Crippen molar-refractivity contribution < 1.29 is 4.79 Å². The Labute approximate surface area is 112 Å². The Hall–Kier alpha value is -2.49. The molecular weight excluding hydrogens is 238 g/mol. The summed E-state index contributed by atoms with van der Waals surface area (Å²) in [7, 11) is 3.55. The highest BCUT2D eigenvalue weighted by Gasteiger charge is 2.11. The fourth-order valence-corrected chi connectivity index (χ4v) is 1.88. The predicted octanol–water partition coefficient (Wildman–Crippen LogP) is 2.40. The van der Waals surface area contributed by atoms with E-state index in [-0.39, 0.29) is 5.91 Å². The summed E-state index contributed by atoms with van der Waals surface area (Å²) in [6, 6.07) is 15.4. The highest BCUT2D eigenvalue weighted by molar-refractivity contribution is 6.00. The van der Waals surface area contributed by atoms with E-state index in [1.165, 1.54) is 0 Å². The van der Waals surface area contributed by atoms with Crippen LogP contribution in [-0.4, -0.2) is 20.0 Å². The van der Waals surface area contributed by atoms with Gasteiger partial charge in [0.05, 0.1) is 5.56 Å². The number of nitrogen functional groups attached to an aromatic ring is 1. The van der Waals surface area contributed by atoms with Gasteiger partial charge in [-0.25, -0.2) is 0 Å². The summed E-state index contributed by atoms with van der Waals surface area (Å²) >= 11 is 0. The van der Waals surface area contributed by atoms with Crippen LogP contribution in [-0.2, 0) is 0 Å². The van der Waals surface area contributed by atoms with Gasteiger partial charge in [-0.05, 0) is 30.3 Å². The molecule has 1 amide bonds. The van der Waals surface area contributed by atoms with Crippen LogP contribution in [0.4, 0.5) is 17.1 Å². The van der Waals surface area contributed by atoms with Crippen LogP contribution in [0.1, 0.15) is 10.4 Å². The van der Waals surface area contributed by atoms with Crippen LogP contribution in [0.25, 0.3) is 0 Å². The van der Waals surface area contributed by atoms with E-state index in [9.17, 15) is 4.79 Å². The summed E-state index contributed by atoms with van der Waals surface area (Å²) in [6.07, 6.45) is 0. The number of amides is 1. The summed E-state index contributed by atoms with van der Waals surface area (Å²) in [5.41, 5.74) is 8.76. The van der Waals surface area contributed by atoms with Crippen LogP contribution in [0.2, 0.25) is 0 Å². The first-order chi connectivity index (χ1) is 9.13. The van der Waals surface area contributed by atoms with Gasteiger partial charge in [0, 0.05) is 31.2 Å². The molecule has 0 spiro atoms. The number of para-hydroxylation sites is 1. The van der Waals surface area contributed by atoms with Crippen molar-refractivity contribution in [1.29, 1.82) is 0 Å². The highest BCUT2D eigenvalue weighted by Crippen LogP contribution is 2.26. The molecule has 2 rings (SSSR count). The van der Waals surface area contributed by atoms with Gasteiger partial charge in [0.1, 0.15) is 0 Å². The van der Waals surface area contributed by atoms with Crippen LogP contribution < -0.4 is 16.0 Å². The lowest BCUT2D eigenvalue weighted by atomic mass is 10.1. The molecule has 0 aliphatic heterocycles. The summed E-state index contributed by atoms with van der Waals surface area (Å²) in [5, 5.41) is 2.59. The van der Waals surface area contributed by atoms with Crippen molar-refractivity contribution in [1.82, 2.24) is 5.32 Å². The second-order valence-electron chi connectivity index (χ2n) is 4.25. The number of anilines is 3. The number of nitrogens with two attached hydrogens (primary N) is 1. The van der Waals surface area contributed by atoms with Crippen LogP contribution in [0.15, 0.2) is 48.5 Å². The van der Waals surface area contributed by atoms with Gasteiger partial charge < -0.3 is 16.0 Å². The van der Waals surface area contributed by atoms with Gasteiger partial charge in [-0.2, -0.15) is 0 Å². The van der Waals surface area contributed by atoms with Crippen molar-refractivity contribution in [2.75, 3.05) is 24.7 Å². The van der Waals surface area contributed by atoms with Gasteiger partial charge in [0.2, 0.25) is 0 Å². The Kier molecular flexibility index (Phi) is 3.71. The minimum atomic E-state index is -0.180. The summed E-state index contributed by atoms with van der Waals surface area (Å²) in [5.74, 6) is -0.180. The second-order valence-corrected chi connectivity index (χ2v) is 4.25. The fourth-order valence-electron chi connectivity index (χ4n) is 1.88. The zero-order valence-electron chi connectivity index (χ0n) is 11.1. The molecule has 0 unspecified atom stereocenters. The summed E-state index contributed by atoms with van der Waals surface area (Å²) in [6.45, 7) is 0. The SMILES string of the molecule is CNC(=O)c1cc(N(C)c2ccccc2)ccc1N. The van der Waals surface area contributed by atoms with E-state index in [2.05, 4.69) is 5.32 Å². The quantitative estimate of drug-likeness (QED) is 0.828. The lowest BCUT2D eigenvalue weighted by Crippen LogP contribution is -2.20. The lowest BCUT2D eigenvalue weighted by Gasteiger charge is -2.20. The van der Waals surface area contributed by atoms with E-state index < -0.39 is 0 Å². The van der Waals surface area contributed by atoms with E-state index >= 15 is 0 Å². The van der Waals surface area contributed by atoms with Gasteiger partial charge in [-0.1, -0.05) is 18.2 Å². The monoisotopic (exact) mass is 255 g/mol. The molecular formula is C15H17N3O. The molecule has 0 aromatic heterocycles. The third-order valence-corrected chi connectivity index (χ3v) is 3.04. The molecule has 0 radical (unpaired) electrons. The number of rotatable bonds is 3. The zero-order valence-corrected chi connectivity index (χ0v) is 11.1. The van der Waals surface area contributed by atoms with Crippen molar-refractivity contribution in [3.63, 3.8) is 0 Å². The molecule has 0 aliphatic rings. The first-order valence-corrected chi connectivity index (χ1v) is 6.04. The minimum absolute atomic E-state index is 0.180. The smallest absolute Gasteiger partial charge is 0.253 e. The number of carbonyl (C=O) groups is 1. The van der Waals surface area contributed by atoms with Crippen LogP contribution in [0.3, 0.4) is 0 Å². The number of benzene rings is 2. The van der Waals surface area contributed by atoms with E-state index in [1.807, 2.05) is 48.3 Å². The molecule has 0 heterocycles. The molecule has 4 heteroatoms. The Morgan fingerprint density at radius 2 is 1.79 bits per heavy atom. The first kappa shape index (κ1) is 13.0. The highest BCUT2D eigenvalue weighted by atomic mass is 16.1. The molecule has 3 N–H and O–H groups in total. The largest absolute Gasteiger partial charge is 0.398 e. The maximum Gasteiger partial charge on any atom is 0.253 e. The molecule has 98 valence electrons. The molecule has 2 aromatic carbocycles. The third-order valence-electron chi connectivity index (χ3n) is 3.04. The number of carbonyl (C=O) groups excluding carboxylic acids is 1. The van der Waals surface area contributed by atoms with E-state index in [4.69, 9.17) is 5.73 Å². The van der Waals surface area contributed by atoms with E-state index in [1.54, 1.807) is 19.2 Å². The van der Waals surface area contributed by atoms with Gasteiger partial charge in [-0.15, -0.1) is 0 Å². The standard InChI is InChI=1S/C15H17N3O/c1-17-15(19)13-10-12(8-9-14(13)16)18(2)11-6-4-3-5-7-11/h3-10H,16H2,1-2H3,(H,17,19). The molecule has 0 atom stereocenters. The number of hydrogen-bond donors (Lipinski definition) is 2. The van der Waals surface area contributed by atoms with Crippen molar-refractivity contribution in [3.05, 3.63) is 54.1 Å². The Bertz CT molecular complexity index is 581. The van der Waals surface area contributed by atoms with Crippen LogP contribution in [0.5, 0.6) is 0 Å². The Balaban J connectivity index is 2.38. The topological polar surface area (TPSA) is 58.4 Å². The molecule has 0 aliphatic carbocycles. The van der Waals surface area contributed by atoms with Crippen molar-refractivity contribution in [2.24, 2.45) is 0 Å². The summed E-state index contributed by atoms with van der Waals surface area (Å²) < 4.78 is 0. The fraction of sp³-hybridized carbons (Fsp3) is 0.133. The van der Waals surface area contributed by atoms with Gasteiger partial charge in [0.25, 0.3) is 5.91 Å². The van der Waals surface area contributed by atoms with Crippen LogP contribution in [0, 0.1) is 0 Å². The number of nitrogens with zero attached hydrogens (tertiary/aromatic N) is 1. The molecule has 0 fully saturated rings. The zero-order chi connectivity index (χ0) is 13.8. The van der Waals surface area contributed by atoms with E-state index in [0.29, 0.717) is 11.3 Å². The molecule has 19 heavy (non-hydrogen) atoms. The number of hydrogen-bond acceptors (Lipinski definition) is 3. The summed E-state index contributed by atoms with van der Waals surface area (Å²) in [4.78, 5) is 13.7. The minimum Gasteiger partial charge on any atom is -0.398 e. The average molecular weight is 255 g/mol. The maximum absolute atomic E-state index is 11.7. The predicted molar refractivity (Wildman–Crippen MR) is 78.7 cm³/mol. The van der Waals surface area contributed by atoms with Crippen molar-refractivity contribution in [3.8, 4) is 0 Å². The number of nitrogens with one attached hydrogen (secondary N) is 1. The normalized spacial score (nSPS) is 10.0. The third kappa shape index (κ3) is 2.68.